The Labute approximate surface area is 279 Å². The Bertz CT molecular complexity index is 1860. The van der Waals surface area contributed by atoms with E-state index in [2.05, 4.69) is 22.6 Å². The van der Waals surface area contributed by atoms with Crippen LogP contribution < -0.4 is 4.90 Å². The molecule has 47 heavy (non-hydrogen) atoms. The van der Waals surface area contributed by atoms with Gasteiger partial charge in [-0.15, -0.1) is 0 Å². The van der Waals surface area contributed by atoms with Crippen molar-refractivity contribution < 1.29 is 28.2 Å². The first-order chi connectivity index (χ1) is 22.2. The lowest BCUT2D eigenvalue weighted by Gasteiger charge is -2.48. The van der Waals surface area contributed by atoms with Gasteiger partial charge in [0.1, 0.15) is 22.5 Å². The fourth-order valence-corrected chi connectivity index (χ4v) is 6.82. The number of carbonyl (C=O) groups is 1. The standard InChI is InChI=1S/C33H31Cl2F3N6O3/c1-7-21(45)43-16(5)12-42(13-17(43)6)30-18-10-20(34)28(22-24(36)23(35)25(37)26(38)31(22)46)41-32(18)44(33(47)19(30)11-39)29-15(4)8-9-40-27(29)14(2)3/h7-10,14,16-17,33,46-47H,1,12-13H2,2-6H3/t16-,17+,33?. The van der Waals surface area contributed by atoms with E-state index in [0.717, 1.165) is 0 Å². The summed E-state index contributed by atoms with van der Waals surface area (Å²) in [5.41, 5.74) is 0.655. The van der Waals surface area contributed by atoms with Crippen molar-refractivity contribution in [2.24, 2.45) is 0 Å². The highest BCUT2D eigenvalue weighted by Crippen LogP contribution is 2.49. The van der Waals surface area contributed by atoms with Crippen molar-refractivity contribution in [3.05, 3.63) is 80.9 Å². The molecule has 0 spiro atoms. The van der Waals surface area contributed by atoms with E-state index in [4.69, 9.17) is 23.2 Å². The number of aromatic hydroxyl groups is 1. The second kappa shape index (κ2) is 12.7. The average Bonchev–Trinajstić information content (AvgIpc) is 3.02. The number of rotatable bonds is 5. The molecule has 5 rings (SSSR count). The molecule has 3 atom stereocenters. The van der Waals surface area contributed by atoms with E-state index < -0.39 is 45.7 Å². The number of fused-ring (bicyclic) bond motifs is 1. The number of phenols is 1. The number of anilines is 2. The van der Waals surface area contributed by atoms with Crippen molar-refractivity contribution in [3.8, 4) is 23.1 Å². The van der Waals surface area contributed by atoms with E-state index >= 15 is 4.39 Å². The van der Waals surface area contributed by atoms with Crippen molar-refractivity contribution in [3.63, 3.8) is 0 Å². The number of aryl methyl sites for hydroxylation is 1. The molecule has 0 bridgehead atoms. The number of halogens is 5. The molecule has 246 valence electrons. The lowest BCUT2D eigenvalue weighted by molar-refractivity contribution is -0.132. The quantitative estimate of drug-likeness (QED) is 0.171. The number of pyridine rings is 2. The number of nitriles is 1. The number of benzene rings is 1. The minimum atomic E-state index is -1.80. The largest absolute Gasteiger partial charge is 0.504 e. The molecule has 2 aliphatic heterocycles. The average molecular weight is 688 g/mol. The highest BCUT2D eigenvalue weighted by atomic mass is 35.5. The second-order valence-corrected chi connectivity index (χ2v) is 12.6. The number of hydrogen-bond donors (Lipinski definition) is 2. The summed E-state index contributed by atoms with van der Waals surface area (Å²) < 4.78 is 44.4. The van der Waals surface area contributed by atoms with Crippen molar-refractivity contribution >= 4 is 46.3 Å². The van der Waals surface area contributed by atoms with Gasteiger partial charge in [-0.3, -0.25) is 14.7 Å². The lowest BCUT2D eigenvalue weighted by Crippen LogP contribution is -2.58. The Morgan fingerprint density at radius 1 is 1.17 bits per heavy atom. The lowest BCUT2D eigenvalue weighted by atomic mass is 9.94. The van der Waals surface area contributed by atoms with E-state index in [9.17, 15) is 29.1 Å². The zero-order valence-corrected chi connectivity index (χ0v) is 27.6. The van der Waals surface area contributed by atoms with Crippen LogP contribution in [0.2, 0.25) is 10.0 Å². The maximum absolute atomic E-state index is 15.5. The third-order valence-electron chi connectivity index (χ3n) is 8.40. The monoisotopic (exact) mass is 686 g/mol. The van der Waals surface area contributed by atoms with Gasteiger partial charge in [-0.25, -0.2) is 13.8 Å². The molecule has 1 amide bonds. The summed E-state index contributed by atoms with van der Waals surface area (Å²) in [6.45, 7) is 13.3. The van der Waals surface area contributed by atoms with Gasteiger partial charge in [0.05, 0.1) is 33.4 Å². The molecule has 1 fully saturated rings. The molecule has 1 aromatic carbocycles. The zero-order valence-electron chi connectivity index (χ0n) is 26.1. The summed E-state index contributed by atoms with van der Waals surface area (Å²) in [6, 6.07) is 4.51. The fourth-order valence-electron chi connectivity index (χ4n) is 6.39. The van der Waals surface area contributed by atoms with Crippen LogP contribution in [-0.4, -0.2) is 67.3 Å². The Kier molecular flexibility index (Phi) is 9.21. The number of aromatic nitrogens is 2. The van der Waals surface area contributed by atoms with Crippen LogP contribution in [-0.2, 0) is 4.79 Å². The van der Waals surface area contributed by atoms with Gasteiger partial charge < -0.3 is 20.0 Å². The summed E-state index contributed by atoms with van der Waals surface area (Å²) in [6.07, 6.45) is 1.17. The summed E-state index contributed by atoms with van der Waals surface area (Å²) in [5, 5.41) is 31.6. The Morgan fingerprint density at radius 3 is 2.38 bits per heavy atom. The second-order valence-electron chi connectivity index (χ2n) is 11.9. The molecule has 1 unspecified atom stereocenters. The predicted octanol–water partition coefficient (Wildman–Crippen LogP) is 6.82. The molecule has 0 saturated carbocycles. The normalized spacial score (nSPS) is 19.6. The molecule has 2 N–H and O–H groups in total. The number of piperazine rings is 1. The molecule has 0 aliphatic carbocycles. The van der Waals surface area contributed by atoms with Gasteiger partial charge >= 0.3 is 0 Å². The minimum Gasteiger partial charge on any atom is -0.504 e. The highest BCUT2D eigenvalue weighted by molar-refractivity contribution is 6.34. The topological polar surface area (TPSA) is 117 Å². The van der Waals surface area contributed by atoms with E-state index in [1.165, 1.54) is 17.0 Å². The van der Waals surface area contributed by atoms with Gasteiger partial charge in [0.25, 0.3) is 0 Å². The van der Waals surface area contributed by atoms with Crippen molar-refractivity contribution in [2.45, 2.75) is 58.8 Å². The zero-order chi connectivity index (χ0) is 34.6. The summed E-state index contributed by atoms with van der Waals surface area (Å²) in [7, 11) is 0. The van der Waals surface area contributed by atoms with Gasteiger partial charge in [-0.05, 0) is 50.5 Å². The maximum atomic E-state index is 15.5. The van der Waals surface area contributed by atoms with Crippen LogP contribution in [0.1, 0.15) is 50.4 Å². The number of aliphatic hydroxyl groups is 1. The number of carbonyl (C=O) groups excluding carboxylic acids is 1. The molecule has 4 heterocycles. The molecule has 3 aromatic rings. The summed E-state index contributed by atoms with van der Waals surface area (Å²) in [4.78, 5) is 26.6. The number of amides is 1. The van der Waals surface area contributed by atoms with Crippen molar-refractivity contribution in [2.75, 3.05) is 18.0 Å². The first-order valence-electron chi connectivity index (χ1n) is 14.7. The third-order valence-corrected chi connectivity index (χ3v) is 9.02. The van der Waals surface area contributed by atoms with Crippen molar-refractivity contribution in [1.29, 1.82) is 5.26 Å². The molecule has 14 heteroatoms. The van der Waals surface area contributed by atoms with Crippen molar-refractivity contribution in [1.82, 2.24) is 19.8 Å². The number of phenolic OH excluding ortho intramolecular Hbond substituents is 1. The van der Waals surface area contributed by atoms with Crippen LogP contribution >= 0.6 is 23.2 Å². The van der Waals surface area contributed by atoms with Crippen LogP contribution in [0.5, 0.6) is 5.75 Å². The SMILES string of the molecule is C=CC(=O)N1[C@H](C)CN(C2=C(C#N)C(O)N(c3c(C)ccnc3C(C)C)c3nc(-c4c(O)c(F)c(F)c(Cl)c4F)c(Cl)cc32)C[C@@H]1C. The van der Waals surface area contributed by atoms with Crippen LogP contribution in [0.3, 0.4) is 0 Å². The first kappa shape index (κ1) is 34.0. The predicted molar refractivity (Wildman–Crippen MR) is 173 cm³/mol. The molecular formula is C33H31Cl2F3N6O3. The van der Waals surface area contributed by atoms with E-state index in [-0.39, 0.29) is 64.7 Å². The van der Waals surface area contributed by atoms with Crippen LogP contribution in [0.15, 0.2) is 36.6 Å². The van der Waals surface area contributed by atoms with E-state index in [0.29, 0.717) is 16.9 Å². The molecule has 1 saturated heterocycles. The summed E-state index contributed by atoms with van der Waals surface area (Å²) >= 11 is 12.4. The van der Waals surface area contributed by atoms with Crippen LogP contribution in [0, 0.1) is 35.7 Å². The van der Waals surface area contributed by atoms with E-state index in [1.807, 2.05) is 32.6 Å². The Hall–Kier alpha value is -4.31. The maximum Gasteiger partial charge on any atom is 0.246 e. The number of aliphatic hydroxyl groups excluding tert-OH is 1. The minimum absolute atomic E-state index is 0.0338. The molecule has 2 aliphatic rings. The molecule has 9 nitrogen and oxygen atoms in total. The smallest absolute Gasteiger partial charge is 0.246 e. The fraction of sp³-hybridized carbons (Fsp3) is 0.333. The highest BCUT2D eigenvalue weighted by Gasteiger charge is 2.42. The third kappa shape index (κ3) is 5.46. The molecule has 0 radical (unpaired) electrons. The van der Waals surface area contributed by atoms with Gasteiger partial charge in [-0.1, -0.05) is 43.6 Å². The molecule has 2 aromatic heterocycles. The van der Waals surface area contributed by atoms with Crippen LogP contribution in [0.4, 0.5) is 24.7 Å². The molecular weight excluding hydrogens is 656 g/mol. The summed E-state index contributed by atoms with van der Waals surface area (Å²) in [5.74, 6) is -6.96. The van der Waals surface area contributed by atoms with Gasteiger partial charge in [0, 0.05) is 36.9 Å². The van der Waals surface area contributed by atoms with Gasteiger partial charge in [0.15, 0.2) is 23.6 Å². The van der Waals surface area contributed by atoms with Gasteiger partial charge in [-0.2, -0.15) is 9.65 Å². The number of hydrogen-bond acceptors (Lipinski definition) is 8. The Morgan fingerprint density at radius 2 is 1.81 bits per heavy atom. The van der Waals surface area contributed by atoms with Crippen LogP contribution in [0.25, 0.3) is 17.0 Å². The van der Waals surface area contributed by atoms with Gasteiger partial charge in [0.2, 0.25) is 11.7 Å². The van der Waals surface area contributed by atoms with E-state index in [1.54, 1.807) is 24.1 Å². The number of nitrogens with zero attached hydrogens (tertiary/aromatic N) is 6. The Balaban J connectivity index is 1.84. The first-order valence-corrected chi connectivity index (χ1v) is 15.4.